The summed E-state index contributed by atoms with van der Waals surface area (Å²) < 4.78 is 27.4. The molecule has 1 saturated heterocycles. The second kappa shape index (κ2) is 7.16. The van der Waals surface area contributed by atoms with Gasteiger partial charge in [0.25, 0.3) is 5.69 Å². The van der Waals surface area contributed by atoms with Gasteiger partial charge in [0.2, 0.25) is 10.0 Å². The van der Waals surface area contributed by atoms with Gasteiger partial charge in [0, 0.05) is 18.3 Å². The Labute approximate surface area is 164 Å². The van der Waals surface area contributed by atoms with Crippen LogP contribution in [-0.2, 0) is 16.4 Å². The van der Waals surface area contributed by atoms with Crippen LogP contribution in [0.1, 0.15) is 5.56 Å². The van der Waals surface area contributed by atoms with Gasteiger partial charge >= 0.3 is 0 Å². The number of piperazine rings is 1. The van der Waals surface area contributed by atoms with Gasteiger partial charge in [-0.2, -0.15) is 4.31 Å². The van der Waals surface area contributed by atoms with Crippen molar-refractivity contribution in [2.45, 2.75) is 11.3 Å². The predicted octanol–water partition coefficient (Wildman–Crippen LogP) is 0.808. The Balaban J connectivity index is 1.71. The number of para-hydroxylation sites is 1. The van der Waals surface area contributed by atoms with E-state index >= 15 is 0 Å². The Morgan fingerprint density at radius 3 is 2.46 bits per heavy atom. The number of sulfonamides is 1. The topological polar surface area (TPSA) is 88.2 Å². The van der Waals surface area contributed by atoms with Crippen molar-refractivity contribution in [2.75, 3.05) is 44.7 Å². The van der Waals surface area contributed by atoms with Crippen LogP contribution in [0.25, 0.3) is 0 Å². The Kier molecular flexibility index (Phi) is 4.82. The summed E-state index contributed by atoms with van der Waals surface area (Å²) in [6.45, 7) is 2.92. The van der Waals surface area contributed by atoms with Gasteiger partial charge in [-0.3, -0.25) is 10.1 Å². The highest BCUT2D eigenvalue weighted by Gasteiger charge is 2.33. The molecule has 0 atom stereocenters. The number of anilines is 2. The lowest BCUT2D eigenvalue weighted by molar-refractivity contribution is -0.883. The average molecular weight is 403 g/mol. The molecule has 0 radical (unpaired) electrons. The van der Waals surface area contributed by atoms with Gasteiger partial charge in [0.05, 0.1) is 43.0 Å². The third-order valence-corrected chi connectivity index (χ3v) is 7.43. The smallest absolute Gasteiger partial charge is 0.294 e. The first-order chi connectivity index (χ1) is 13.4. The van der Waals surface area contributed by atoms with Crippen LogP contribution in [0.2, 0.25) is 0 Å². The van der Waals surface area contributed by atoms with E-state index in [4.69, 9.17) is 0 Å². The fourth-order valence-electron chi connectivity index (χ4n) is 3.88. The minimum atomic E-state index is -3.75. The zero-order chi connectivity index (χ0) is 19.9. The fourth-order valence-corrected chi connectivity index (χ4v) is 5.35. The maximum Gasteiger partial charge on any atom is 0.294 e. The van der Waals surface area contributed by atoms with E-state index in [1.807, 2.05) is 36.2 Å². The van der Waals surface area contributed by atoms with Crippen molar-refractivity contribution in [3.8, 4) is 0 Å². The molecule has 9 heteroatoms. The molecule has 0 aromatic heterocycles. The lowest BCUT2D eigenvalue weighted by Gasteiger charge is -2.29. The molecule has 0 aliphatic carbocycles. The van der Waals surface area contributed by atoms with Crippen LogP contribution in [-0.4, -0.2) is 57.4 Å². The molecule has 0 spiro atoms. The highest BCUT2D eigenvalue weighted by Crippen LogP contribution is 2.40. The first kappa shape index (κ1) is 18.9. The fraction of sp³-hybridized carbons (Fsp3) is 0.368. The summed E-state index contributed by atoms with van der Waals surface area (Å²) in [5, 5.41) is 11.8. The molecule has 148 valence electrons. The summed E-state index contributed by atoms with van der Waals surface area (Å²) in [5.41, 5.74) is 2.31. The number of hydrogen-bond donors (Lipinski definition) is 1. The molecule has 1 fully saturated rings. The quantitative estimate of drug-likeness (QED) is 0.603. The van der Waals surface area contributed by atoms with Crippen LogP contribution >= 0.6 is 0 Å². The minimum Gasteiger partial charge on any atom is -0.335 e. The van der Waals surface area contributed by atoms with Gasteiger partial charge in [-0.25, -0.2) is 8.42 Å². The molecule has 4 rings (SSSR count). The molecule has 2 aromatic rings. The normalized spacial score (nSPS) is 18.2. The summed E-state index contributed by atoms with van der Waals surface area (Å²) in [7, 11) is -1.72. The molecular formula is C19H23N4O4S+. The van der Waals surface area contributed by atoms with E-state index in [1.165, 1.54) is 21.3 Å². The van der Waals surface area contributed by atoms with Crippen LogP contribution in [0.15, 0.2) is 47.4 Å². The zero-order valence-electron chi connectivity index (χ0n) is 15.7. The summed E-state index contributed by atoms with van der Waals surface area (Å²) in [6, 6.07) is 12.1. The molecule has 8 nitrogen and oxygen atoms in total. The molecule has 1 N–H and O–H groups in total. The minimum absolute atomic E-state index is 0.0185. The van der Waals surface area contributed by atoms with Crippen LogP contribution in [0.4, 0.5) is 17.1 Å². The van der Waals surface area contributed by atoms with E-state index < -0.39 is 14.9 Å². The van der Waals surface area contributed by atoms with E-state index in [2.05, 4.69) is 0 Å². The number of nitrogens with zero attached hydrogens (tertiary/aromatic N) is 3. The Morgan fingerprint density at radius 2 is 1.75 bits per heavy atom. The van der Waals surface area contributed by atoms with Gasteiger partial charge in [0.1, 0.15) is 5.69 Å². The van der Waals surface area contributed by atoms with Crippen molar-refractivity contribution in [2.24, 2.45) is 0 Å². The molecule has 28 heavy (non-hydrogen) atoms. The van der Waals surface area contributed by atoms with Crippen molar-refractivity contribution in [3.05, 3.63) is 58.1 Å². The van der Waals surface area contributed by atoms with E-state index in [0.717, 1.165) is 30.8 Å². The Hall–Kier alpha value is -2.49. The number of benzene rings is 2. The van der Waals surface area contributed by atoms with Crippen LogP contribution < -0.4 is 9.80 Å². The Morgan fingerprint density at radius 1 is 1.04 bits per heavy atom. The first-order valence-corrected chi connectivity index (χ1v) is 10.8. The van der Waals surface area contributed by atoms with E-state index in [0.29, 0.717) is 25.3 Å². The van der Waals surface area contributed by atoms with Crippen molar-refractivity contribution >= 4 is 27.1 Å². The summed E-state index contributed by atoms with van der Waals surface area (Å²) in [6.07, 6.45) is 0.803. The average Bonchev–Trinajstić information content (AvgIpc) is 3.12. The number of nitro benzene ring substituents is 1. The second-order valence-corrected chi connectivity index (χ2v) is 9.24. The number of likely N-dealkylation sites (N-methyl/N-ethyl adjacent to an activating group) is 1. The summed E-state index contributed by atoms with van der Waals surface area (Å²) in [4.78, 5) is 14.4. The van der Waals surface area contributed by atoms with Crippen molar-refractivity contribution in [1.82, 2.24) is 4.31 Å². The zero-order valence-corrected chi connectivity index (χ0v) is 16.5. The summed E-state index contributed by atoms with van der Waals surface area (Å²) >= 11 is 0. The van der Waals surface area contributed by atoms with Gasteiger partial charge in [-0.15, -0.1) is 0 Å². The Bertz CT molecular complexity index is 1020. The van der Waals surface area contributed by atoms with Gasteiger partial charge in [-0.05, 0) is 30.2 Å². The number of nitrogens with one attached hydrogen (secondary N) is 1. The van der Waals surface area contributed by atoms with Crippen molar-refractivity contribution in [3.63, 3.8) is 0 Å². The molecule has 2 heterocycles. The highest BCUT2D eigenvalue weighted by molar-refractivity contribution is 7.89. The first-order valence-electron chi connectivity index (χ1n) is 9.33. The molecule has 0 bridgehead atoms. The predicted molar refractivity (Wildman–Crippen MR) is 106 cm³/mol. The number of hydrogen-bond acceptors (Lipinski definition) is 5. The van der Waals surface area contributed by atoms with E-state index in [1.54, 1.807) is 6.07 Å². The van der Waals surface area contributed by atoms with Gasteiger partial charge in [-0.1, -0.05) is 18.2 Å². The van der Waals surface area contributed by atoms with Crippen LogP contribution in [0.3, 0.4) is 0 Å². The van der Waals surface area contributed by atoms with Gasteiger partial charge < -0.3 is 9.80 Å². The lowest BCUT2D eigenvalue weighted by atomic mass is 10.2. The number of fused-ring (bicyclic) bond motifs is 1. The number of quaternary nitrogens is 1. The maximum atomic E-state index is 13.0. The molecular weight excluding hydrogens is 380 g/mol. The lowest BCUT2D eigenvalue weighted by Crippen LogP contribution is -3.12. The van der Waals surface area contributed by atoms with E-state index in [-0.39, 0.29) is 10.6 Å². The van der Waals surface area contributed by atoms with E-state index in [9.17, 15) is 18.5 Å². The SMILES string of the molecule is C[NH+]1CCN(S(=O)(=O)c2ccc(N3CCc4ccccc43)c([N+](=O)[O-])c2)CC1. The van der Waals surface area contributed by atoms with Gasteiger partial charge in [0.15, 0.2) is 0 Å². The molecule has 0 saturated carbocycles. The third kappa shape index (κ3) is 3.25. The molecule has 2 aromatic carbocycles. The largest absolute Gasteiger partial charge is 0.335 e. The molecule has 2 aliphatic heterocycles. The standard InChI is InChI=1S/C19H22N4O4S/c1-20-10-12-21(13-11-20)28(26,27)16-6-7-18(19(14-16)23(24)25)22-9-8-15-4-2-3-5-17(15)22/h2-7,14H,8-13H2,1H3/p+1. The monoisotopic (exact) mass is 403 g/mol. The summed E-state index contributed by atoms with van der Waals surface area (Å²) in [5.74, 6) is 0. The third-order valence-electron chi connectivity index (χ3n) is 5.54. The number of rotatable bonds is 4. The molecule has 0 unspecified atom stereocenters. The maximum absolute atomic E-state index is 13.0. The van der Waals surface area contributed by atoms with Crippen molar-refractivity contribution < 1.29 is 18.2 Å². The van der Waals surface area contributed by atoms with Crippen LogP contribution in [0.5, 0.6) is 0 Å². The van der Waals surface area contributed by atoms with Crippen molar-refractivity contribution in [1.29, 1.82) is 0 Å². The second-order valence-electron chi connectivity index (χ2n) is 7.30. The highest BCUT2D eigenvalue weighted by atomic mass is 32.2. The van der Waals surface area contributed by atoms with Crippen LogP contribution in [0, 0.1) is 10.1 Å². The molecule has 0 amide bonds. The number of nitro groups is 1. The molecule has 2 aliphatic rings.